The molecule has 19 heteroatoms. The molecule has 0 radical (unpaired) electrons. The number of piperidine rings is 1. The Balaban J connectivity index is 1.37. The smallest absolute Gasteiger partial charge is 0.370 e. The summed E-state index contributed by atoms with van der Waals surface area (Å²) in [6.45, 7) is 1.25. The van der Waals surface area contributed by atoms with Gasteiger partial charge in [-0.1, -0.05) is 60.7 Å². The van der Waals surface area contributed by atoms with Gasteiger partial charge in [0.05, 0.1) is 12.1 Å². The summed E-state index contributed by atoms with van der Waals surface area (Å²) in [5.41, 5.74) is 12.3. The third-order valence-electron chi connectivity index (χ3n) is 9.81. The zero-order valence-electron chi connectivity index (χ0n) is 31.7. The molecule has 1 aliphatic heterocycles. The number of thiophene rings is 1. The van der Waals surface area contributed by atoms with Gasteiger partial charge in [-0.2, -0.15) is 0 Å². The van der Waals surface area contributed by atoms with Gasteiger partial charge in [0.15, 0.2) is 0 Å². The van der Waals surface area contributed by atoms with Gasteiger partial charge in [-0.05, 0) is 66.5 Å². The summed E-state index contributed by atoms with van der Waals surface area (Å²) in [7, 11) is -5.16. The number of hydrogen-bond donors (Lipinski definition) is 8. The van der Waals surface area contributed by atoms with Crippen LogP contribution in [0.2, 0.25) is 0 Å². The van der Waals surface area contributed by atoms with Crippen LogP contribution in [0.3, 0.4) is 0 Å². The number of carbonyl (C=O) groups is 6. The third-order valence-corrected chi connectivity index (χ3v) is 11.6. The molecule has 310 valence electrons. The molecule has 0 aliphatic carbocycles. The second-order valence-corrected chi connectivity index (χ2v) is 16.5. The second-order valence-electron chi connectivity index (χ2n) is 14.2. The number of nitrogens with zero attached hydrogens (tertiary/aromatic N) is 1. The zero-order chi connectivity index (χ0) is 42.0. The van der Waals surface area contributed by atoms with Crippen LogP contribution in [0.4, 0.5) is 0 Å². The van der Waals surface area contributed by atoms with Gasteiger partial charge in [-0.3, -0.25) is 33.3 Å². The molecular formula is C39H48N7O10PS. The summed E-state index contributed by atoms with van der Waals surface area (Å²) in [6.07, 6.45) is -1.10. The Hall–Kier alpha value is -5.23. The van der Waals surface area contributed by atoms with E-state index in [2.05, 4.69) is 21.3 Å². The summed E-state index contributed by atoms with van der Waals surface area (Å²) in [4.78, 5) is 100. The SMILES string of the molecule is CC(OP(=O)(O)O)[C@@H](NC(=O)[C@@H](N)Cc1cc2ccccc2s1)C(=O)N1CCCC[C@H]1C(=O)N[C@@H](Cc1ccc2ccccc2c1)C(=O)N[C@H](CCC(N)=O)NC=O. The van der Waals surface area contributed by atoms with Crippen molar-refractivity contribution < 1.29 is 47.6 Å². The first kappa shape index (κ1) is 43.9. The van der Waals surface area contributed by atoms with E-state index in [-0.39, 0.29) is 38.6 Å². The van der Waals surface area contributed by atoms with Crippen LogP contribution in [0.1, 0.15) is 49.5 Å². The lowest BCUT2D eigenvalue weighted by molar-refractivity contribution is -0.147. The summed E-state index contributed by atoms with van der Waals surface area (Å²) in [5.74, 6) is -3.68. The quantitative estimate of drug-likeness (QED) is 0.0381. The van der Waals surface area contributed by atoms with Crippen molar-refractivity contribution in [1.82, 2.24) is 26.2 Å². The number of nitrogens with one attached hydrogen (secondary N) is 4. The van der Waals surface area contributed by atoms with E-state index in [1.165, 1.54) is 23.2 Å². The maximum Gasteiger partial charge on any atom is 0.469 e. The molecule has 58 heavy (non-hydrogen) atoms. The standard InChI is InChI=1S/C39H48N7O10PS/c1-23(56-57(53,54)55)35(45-36(49)29(40)21-28-20-27-10-4-5-12-32(27)58-28)39(52)46-17-7-6-11-31(46)38(51)43-30(37(50)44-34(42-22-47)16-15-33(41)48)19-24-13-14-25-8-2-3-9-26(25)18-24/h2-5,8-10,12-14,18,20,22-23,29-31,34-35H,6-7,11,15-17,19,21,40H2,1H3,(H2,41,48)(H,42,47)(H,43,51)(H,44,50)(H,45,49)(H2,53,54,55)/t23?,29-,30-,31-,34+,35+/m0/s1. The average Bonchev–Trinajstić information content (AvgIpc) is 3.60. The Morgan fingerprint density at radius 2 is 1.64 bits per heavy atom. The number of hydrogen-bond acceptors (Lipinski definition) is 10. The molecular weight excluding hydrogens is 790 g/mol. The number of nitrogens with two attached hydrogens (primary N) is 2. The van der Waals surface area contributed by atoms with Crippen molar-refractivity contribution >= 4 is 76.0 Å². The van der Waals surface area contributed by atoms with Gasteiger partial charge in [-0.25, -0.2) is 4.57 Å². The van der Waals surface area contributed by atoms with Crippen molar-refractivity contribution in [2.24, 2.45) is 11.5 Å². The second kappa shape index (κ2) is 20.0. The number of phosphoric acid groups is 1. The third kappa shape index (κ3) is 12.1. The number of carbonyl (C=O) groups excluding carboxylic acids is 6. The summed E-state index contributed by atoms with van der Waals surface area (Å²) in [5, 5.41) is 13.2. The average molecular weight is 838 g/mol. The molecule has 6 atom stereocenters. The van der Waals surface area contributed by atoms with E-state index in [0.717, 1.165) is 25.7 Å². The van der Waals surface area contributed by atoms with Crippen LogP contribution >= 0.6 is 19.2 Å². The molecule has 1 fully saturated rings. The van der Waals surface area contributed by atoms with Gasteiger partial charge < -0.3 is 47.4 Å². The van der Waals surface area contributed by atoms with Crippen LogP contribution in [0, 0.1) is 0 Å². The lowest BCUT2D eigenvalue weighted by atomic mass is 9.97. The van der Waals surface area contributed by atoms with Crippen molar-refractivity contribution in [3.8, 4) is 0 Å². The van der Waals surface area contributed by atoms with E-state index in [1.54, 1.807) is 6.07 Å². The molecule has 1 unspecified atom stereocenters. The minimum absolute atomic E-state index is 0.00374. The highest BCUT2D eigenvalue weighted by Crippen LogP contribution is 2.38. The monoisotopic (exact) mass is 837 g/mol. The van der Waals surface area contributed by atoms with Crippen molar-refractivity contribution in [2.75, 3.05) is 6.54 Å². The van der Waals surface area contributed by atoms with Gasteiger partial charge in [0, 0.05) is 35.4 Å². The number of benzene rings is 3. The topological polar surface area (TPSA) is 273 Å². The number of fused-ring (bicyclic) bond motifs is 2. The van der Waals surface area contributed by atoms with E-state index in [0.29, 0.717) is 24.8 Å². The number of primary amides is 1. The number of rotatable bonds is 19. The van der Waals surface area contributed by atoms with Crippen LogP contribution in [-0.4, -0.2) is 93.6 Å². The predicted molar refractivity (Wildman–Crippen MR) is 217 cm³/mol. The molecule has 0 spiro atoms. The van der Waals surface area contributed by atoms with Gasteiger partial charge in [0.25, 0.3) is 0 Å². The first-order chi connectivity index (χ1) is 27.6. The fraction of sp³-hybridized carbons (Fsp3) is 0.385. The number of amides is 6. The lowest BCUT2D eigenvalue weighted by Gasteiger charge is -2.39. The summed E-state index contributed by atoms with van der Waals surface area (Å²) in [6, 6.07) is 17.4. The van der Waals surface area contributed by atoms with Crippen LogP contribution in [0.25, 0.3) is 20.9 Å². The van der Waals surface area contributed by atoms with Crippen LogP contribution in [0.5, 0.6) is 0 Å². The molecule has 10 N–H and O–H groups in total. The van der Waals surface area contributed by atoms with Crippen LogP contribution in [0.15, 0.2) is 72.8 Å². The Kier molecular flexibility index (Phi) is 15.1. The lowest BCUT2D eigenvalue weighted by Crippen LogP contribution is -2.63. The van der Waals surface area contributed by atoms with E-state index in [4.69, 9.17) is 16.0 Å². The summed E-state index contributed by atoms with van der Waals surface area (Å²) < 4.78 is 17.8. The maximum absolute atomic E-state index is 14.4. The Labute approximate surface area is 338 Å². The molecule has 1 aliphatic rings. The molecule has 0 bridgehead atoms. The normalized spacial score (nSPS) is 17.0. The van der Waals surface area contributed by atoms with E-state index < -0.39 is 73.8 Å². The Bertz CT molecular complexity index is 2150. The molecule has 6 amide bonds. The van der Waals surface area contributed by atoms with Gasteiger partial charge in [-0.15, -0.1) is 11.3 Å². The largest absolute Gasteiger partial charge is 0.469 e. The maximum atomic E-state index is 14.4. The summed E-state index contributed by atoms with van der Waals surface area (Å²) >= 11 is 1.45. The predicted octanol–water partition coefficient (Wildman–Crippen LogP) is 1.47. The van der Waals surface area contributed by atoms with Gasteiger partial charge in [0.2, 0.25) is 35.9 Å². The van der Waals surface area contributed by atoms with E-state index in [9.17, 15) is 43.1 Å². The van der Waals surface area contributed by atoms with Gasteiger partial charge >= 0.3 is 7.82 Å². The van der Waals surface area contributed by atoms with E-state index >= 15 is 0 Å². The molecule has 0 saturated carbocycles. The van der Waals surface area contributed by atoms with Crippen molar-refractivity contribution in [3.63, 3.8) is 0 Å². The zero-order valence-corrected chi connectivity index (χ0v) is 33.5. The van der Waals surface area contributed by atoms with E-state index in [1.807, 2.05) is 66.7 Å². The molecule has 1 saturated heterocycles. The molecule has 17 nitrogen and oxygen atoms in total. The molecule has 3 aromatic carbocycles. The molecule has 4 aromatic rings. The van der Waals surface area contributed by atoms with Crippen LogP contribution < -0.4 is 32.7 Å². The fourth-order valence-corrected chi connectivity index (χ4v) is 8.61. The van der Waals surface area contributed by atoms with Crippen molar-refractivity contribution in [2.45, 2.75) is 88.3 Å². The fourth-order valence-electron chi connectivity index (χ4n) is 6.93. The Morgan fingerprint density at radius 1 is 0.931 bits per heavy atom. The molecule has 2 heterocycles. The molecule has 5 rings (SSSR count). The highest BCUT2D eigenvalue weighted by atomic mass is 32.1. The van der Waals surface area contributed by atoms with Crippen molar-refractivity contribution in [3.05, 3.63) is 83.2 Å². The highest BCUT2D eigenvalue weighted by Gasteiger charge is 2.41. The Morgan fingerprint density at radius 3 is 2.33 bits per heavy atom. The molecule has 1 aromatic heterocycles. The first-order valence-electron chi connectivity index (χ1n) is 18.8. The number of likely N-dealkylation sites (tertiary alicyclic amines) is 1. The van der Waals surface area contributed by atoms with Crippen LogP contribution in [-0.2, 0) is 50.7 Å². The number of phosphoric ester groups is 1. The van der Waals surface area contributed by atoms with Gasteiger partial charge in [0.1, 0.15) is 24.3 Å². The first-order valence-corrected chi connectivity index (χ1v) is 21.1. The minimum atomic E-state index is -5.16. The minimum Gasteiger partial charge on any atom is -0.370 e. The highest BCUT2D eigenvalue weighted by molar-refractivity contribution is 7.46. The van der Waals surface area contributed by atoms with Crippen molar-refractivity contribution in [1.29, 1.82) is 0 Å².